The van der Waals surface area contributed by atoms with Crippen molar-refractivity contribution in [2.75, 3.05) is 18.0 Å². The number of primary amides is 1. The first-order valence-electron chi connectivity index (χ1n) is 9.40. The van der Waals surface area contributed by atoms with E-state index in [9.17, 15) is 9.59 Å². The molecule has 2 amide bonds. The third-order valence-electron chi connectivity index (χ3n) is 5.28. The van der Waals surface area contributed by atoms with Crippen LogP contribution in [0.4, 0.5) is 5.82 Å². The first-order chi connectivity index (χ1) is 13.6. The number of nitrogens with two attached hydrogens (primary N) is 1. The molecule has 4 rings (SSSR count). The molecule has 2 aliphatic rings. The summed E-state index contributed by atoms with van der Waals surface area (Å²) in [5, 5.41) is 5.99. The zero-order valence-corrected chi connectivity index (χ0v) is 15.4. The highest BCUT2D eigenvalue weighted by Gasteiger charge is 2.34. The molecule has 1 atom stereocenters. The van der Waals surface area contributed by atoms with Gasteiger partial charge in [0.25, 0.3) is 5.91 Å². The smallest absolute Gasteiger partial charge is 0.268 e. The van der Waals surface area contributed by atoms with Crippen molar-refractivity contribution in [3.63, 3.8) is 0 Å². The highest BCUT2D eigenvalue weighted by Crippen LogP contribution is 2.32. The lowest BCUT2D eigenvalue weighted by Gasteiger charge is -2.34. The number of piperidine rings is 1. The second kappa shape index (κ2) is 7.75. The number of aromatic nitrogens is 2. The van der Waals surface area contributed by atoms with Crippen molar-refractivity contribution in [1.82, 2.24) is 15.0 Å². The molecule has 0 radical (unpaired) electrons. The maximum absolute atomic E-state index is 13.1. The van der Waals surface area contributed by atoms with Gasteiger partial charge in [0.1, 0.15) is 11.5 Å². The van der Waals surface area contributed by atoms with E-state index < -0.39 is 5.91 Å². The fourth-order valence-corrected chi connectivity index (χ4v) is 3.75. The molecule has 0 unspecified atom stereocenters. The maximum Gasteiger partial charge on any atom is 0.268 e. The summed E-state index contributed by atoms with van der Waals surface area (Å²) >= 11 is 0. The number of anilines is 1. The van der Waals surface area contributed by atoms with E-state index in [0.29, 0.717) is 31.7 Å². The van der Waals surface area contributed by atoms with Gasteiger partial charge in [-0.05, 0) is 18.4 Å². The number of hydrazone groups is 1. The van der Waals surface area contributed by atoms with Crippen molar-refractivity contribution in [2.24, 2.45) is 16.8 Å². The molecule has 3 heterocycles. The van der Waals surface area contributed by atoms with Crippen LogP contribution in [0.5, 0.6) is 0 Å². The summed E-state index contributed by atoms with van der Waals surface area (Å²) in [6.45, 7) is 1.34. The van der Waals surface area contributed by atoms with Crippen LogP contribution in [0.3, 0.4) is 0 Å². The molecule has 1 aromatic heterocycles. The van der Waals surface area contributed by atoms with Gasteiger partial charge in [0.05, 0.1) is 18.4 Å². The second-order valence-corrected chi connectivity index (χ2v) is 7.03. The number of benzene rings is 1. The molecule has 8 heteroatoms. The average molecular weight is 378 g/mol. The monoisotopic (exact) mass is 378 g/mol. The van der Waals surface area contributed by atoms with E-state index in [1.165, 1.54) is 6.20 Å². The fraction of sp³-hybridized carbons (Fsp3) is 0.350. The lowest BCUT2D eigenvalue weighted by molar-refractivity contribution is -0.138. The minimum Gasteiger partial charge on any atom is -0.364 e. The van der Waals surface area contributed by atoms with Gasteiger partial charge in [-0.1, -0.05) is 30.3 Å². The number of hydrogen-bond acceptors (Lipinski definition) is 6. The normalized spacial score (nSPS) is 19.8. The van der Waals surface area contributed by atoms with Crippen LogP contribution in [-0.2, 0) is 4.79 Å². The molecule has 1 saturated heterocycles. The minimum atomic E-state index is -0.599. The van der Waals surface area contributed by atoms with Crippen LogP contribution in [-0.4, -0.2) is 46.1 Å². The largest absolute Gasteiger partial charge is 0.364 e. The molecule has 1 aromatic carbocycles. The average Bonchev–Trinajstić information content (AvgIpc) is 3.24. The summed E-state index contributed by atoms with van der Waals surface area (Å²) in [5.74, 6) is 0.00559. The lowest BCUT2D eigenvalue weighted by Crippen LogP contribution is -2.41. The van der Waals surface area contributed by atoms with E-state index in [0.717, 1.165) is 12.0 Å². The Balaban J connectivity index is 1.41. The van der Waals surface area contributed by atoms with Crippen LogP contribution < -0.4 is 10.6 Å². The molecule has 8 nitrogen and oxygen atoms in total. The van der Waals surface area contributed by atoms with Crippen molar-refractivity contribution in [3.8, 4) is 0 Å². The third kappa shape index (κ3) is 3.58. The summed E-state index contributed by atoms with van der Waals surface area (Å²) in [5.41, 5.74) is 6.53. The van der Waals surface area contributed by atoms with Gasteiger partial charge in [0.2, 0.25) is 5.91 Å². The Labute approximate surface area is 163 Å². The standard InChI is InChI=1S/C20H22N6O2/c21-19(27)16-12-22-13-18(24-16)25-10-7-15(8-11-25)20(28)26-17(6-9-23-26)14-4-2-1-3-5-14/h1-5,9,12-13,15,17H,6-8,10-11H2,(H2,21,27)/t17-/m0/s1. The van der Waals surface area contributed by atoms with Gasteiger partial charge < -0.3 is 10.6 Å². The van der Waals surface area contributed by atoms with Crippen LogP contribution in [0.15, 0.2) is 47.8 Å². The van der Waals surface area contributed by atoms with Gasteiger partial charge in [-0.3, -0.25) is 14.6 Å². The Morgan fingerprint density at radius 3 is 2.54 bits per heavy atom. The topological polar surface area (TPSA) is 105 Å². The SMILES string of the molecule is NC(=O)c1cncc(N2CCC(C(=O)N3N=CC[C@H]3c3ccccc3)CC2)n1. The predicted molar refractivity (Wildman–Crippen MR) is 105 cm³/mol. The number of carbonyl (C=O) groups is 2. The van der Waals surface area contributed by atoms with Gasteiger partial charge in [0, 0.05) is 31.6 Å². The maximum atomic E-state index is 13.1. The number of carbonyl (C=O) groups excluding carboxylic acids is 2. The van der Waals surface area contributed by atoms with Gasteiger partial charge in [-0.15, -0.1) is 0 Å². The molecule has 2 N–H and O–H groups in total. The summed E-state index contributed by atoms with van der Waals surface area (Å²) in [6, 6.07) is 9.98. The van der Waals surface area contributed by atoms with Gasteiger partial charge in [-0.25, -0.2) is 9.99 Å². The minimum absolute atomic E-state index is 0.0233. The molecule has 0 saturated carbocycles. The molecule has 0 spiro atoms. The van der Waals surface area contributed by atoms with Crippen LogP contribution in [0.1, 0.15) is 41.4 Å². The van der Waals surface area contributed by atoms with Crippen molar-refractivity contribution >= 4 is 23.8 Å². The highest BCUT2D eigenvalue weighted by molar-refractivity contribution is 5.90. The summed E-state index contributed by atoms with van der Waals surface area (Å²) < 4.78 is 0. The highest BCUT2D eigenvalue weighted by atomic mass is 16.2. The Morgan fingerprint density at radius 2 is 1.82 bits per heavy atom. The van der Waals surface area contributed by atoms with E-state index >= 15 is 0 Å². The van der Waals surface area contributed by atoms with Crippen LogP contribution in [0.2, 0.25) is 0 Å². The second-order valence-electron chi connectivity index (χ2n) is 7.03. The van der Waals surface area contributed by atoms with Crippen molar-refractivity contribution in [1.29, 1.82) is 0 Å². The van der Waals surface area contributed by atoms with Gasteiger partial charge in [-0.2, -0.15) is 5.10 Å². The molecule has 1 fully saturated rings. The van der Waals surface area contributed by atoms with E-state index in [1.807, 2.05) is 41.4 Å². The fourth-order valence-electron chi connectivity index (χ4n) is 3.75. The summed E-state index contributed by atoms with van der Waals surface area (Å²) in [4.78, 5) is 34.7. The summed E-state index contributed by atoms with van der Waals surface area (Å²) in [7, 11) is 0. The van der Waals surface area contributed by atoms with E-state index in [-0.39, 0.29) is 23.6 Å². The molecule has 2 aromatic rings. The van der Waals surface area contributed by atoms with Crippen molar-refractivity contribution in [3.05, 3.63) is 54.0 Å². The Kier molecular flexibility index (Phi) is 5.01. The third-order valence-corrected chi connectivity index (χ3v) is 5.28. The number of nitrogens with zero attached hydrogens (tertiary/aromatic N) is 5. The summed E-state index contributed by atoms with van der Waals surface area (Å²) in [6.07, 6.45) is 6.94. The number of rotatable bonds is 4. The first kappa shape index (κ1) is 18.1. The molecule has 0 bridgehead atoms. The van der Waals surface area contributed by atoms with Gasteiger partial charge in [0.15, 0.2) is 0 Å². The Bertz CT molecular complexity index is 893. The number of hydrogen-bond donors (Lipinski definition) is 1. The molecule has 144 valence electrons. The predicted octanol–water partition coefficient (Wildman–Crippen LogP) is 1.75. The van der Waals surface area contributed by atoms with E-state index in [2.05, 4.69) is 15.1 Å². The molecular weight excluding hydrogens is 356 g/mol. The Morgan fingerprint density at radius 1 is 1.07 bits per heavy atom. The molecule has 2 aliphatic heterocycles. The van der Waals surface area contributed by atoms with E-state index in [4.69, 9.17) is 5.73 Å². The molecular formula is C20H22N6O2. The van der Waals surface area contributed by atoms with Gasteiger partial charge >= 0.3 is 0 Å². The quantitative estimate of drug-likeness (QED) is 0.873. The number of amides is 2. The van der Waals surface area contributed by atoms with Crippen LogP contribution in [0, 0.1) is 5.92 Å². The zero-order chi connectivity index (χ0) is 19.5. The Hall–Kier alpha value is -3.29. The lowest BCUT2D eigenvalue weighted by atomic mass is 9.94. The van der Waals surface area contributed by atoms with Crippen LogP contribution in [0.25, 0.3) is 0 Å². The molecule has 28 heavy (non-hydrogen) atoms. The van der Waals surface area contributed by atoms with Crippen molar-refractivity contribution < 1.29 is 9.59 Å². The first-order valence-corrected chi connectivity index (χ1v) is 9.40. The van der Waals surface area contributed by atoms with E-state index in [1.54, 1.807) is 11.2 Å². The zero-order valence-electron chi connectivity index (χ0n) is 15.4. The van der Waals surface area contributed by atoms with Crippen LogP contribution >= 0.6 is 0 Å². The van der Waals surface area contributed by atoms with Crippen molar-refractivity contribution in [2.45, 2.75) is 25.3 Å². The molecule has 0 aliphatic carbocycles.